The Kier molecular flexibility index (Phi) is 4.57. The van der Waals surface area contributed by atoms with Crippen LogP contribution in [0.4, 0.5) is 0 Å². The Labute approximate surface area is 139 Å². The van der Waals surface area contributed by atoms with Gasteiger partial charge in [-0.3, -0.25) is 4.79 Å². The summed E-state index contributed by atoms with van der Waals surface area (Å²) in [4.78, 5) is 12.0. The lowest BCUT2D eigenvalue weighted by Gasteiger charge is -2.15. The van der Waals surface area contributed by atoms with E-state index in [1.165, 1.54) is 0 Å². The van der Waals surface area contributed by atoms with Crippen molar-refractivity contribution in [2.24, 2.45) is 0 Å². The highest BCUT2D eigenvalue weighted by atomic mass is 35.5. The molecule has 2 aromatic rings. The minimum absolute atomic E-state index is 0.0590. The van der Waals surface area contributed by atoms with E-state index in [1.807, 2.05) is 25.1 Å². The first-order valence-electron chi connectivity index (χ1n) is 7.19. The van der Waals surface area contributed by atoms with Crippen molar-refractivity contribution >= 4 is 17.5 Å². The minimum atomic E-state index is -0.204. The van der Waals surface area contributed by atoms with Crippen LogP contribution in [0.25, 0.3) is 0 Å². The first kappa shape index (κ1) is 15.5. The number of hydrogen-bond donors (Lipinski definition) is 1. The van der Waals surface area contributed by atoms with E-state index in [2.05, 4.69) is 5.32 Å². The fraction of sp³-hybridized carbons (Fsp3) is 0.235. The smallest absolute Gasteiger partial charge is 0.258 e. The maximum absolute atomic E-state index is 12.0. The summed E-state index contributed by atoms with van der Waals surface area (Å²) < 4.78 is 16.0. The molecule has 0 spiro atoms. The number of fused-ring (bicyclic) bond motifs is 1. The molecule has 0 radical (unpaired) electrons. The molecule has 1 unspecified atom stereocenters. The van der Waals surface area contributed by atoms with E-state index >= 15 is 0 Å². The second-order valence-corrected chi connectivity index (χ2v) is 5.58. The molecule has 5 nitrogen and oxygen atoms in total. The van der Waals surface area contributed by atoms with Crippen molar-refractivity contribution in [2.75, 3.05) is 13.4 Å². The third-order valence-corrected chi connectivity index (χ3v) is 3.71. The zero-order valence-corrected chi connectivity index (χ0v) is 13.3. The van der Waals surface area contributed by atoms with Gasteiger partial charge in [0.05, 0.1) is 6.04 Å². The predicted octanol–water partition coefficient (Wildman–Crippen LogP) is 3.32. The Morgan fingerprint density at radius 3 is 2.74 bits per heavy atom. The van der Waals surface area contributed by atoms with Crippen LogP contribution in [0.1, 0.15) is 18.5 Å². The number of rotatable bonds is 5. The van der Waals surface area contributed by atoms with Crippen molar-refractivity contribution in [1.29, 1.82) is 0 Å². The summed E-state index contributed by atoms with van der Waals surface area (Å²) in [5.41, 5.74) is 0.939. The Balaban J connectivity index is 1.54. The zero-order chi connectivity index (χ0) is 16.2. The predicted molar refractivity (Wildman–Crippen MR) is 86.1 cm³/mol. The lowest BCUT2D eigenvalue weighted by Crippen LogP contribution is -2.31. The minimum Gasteiger partial charge on any atom is -0.484 e. The van der Waals surface area contributed by atoms with Gasteiger partial charge < -0.3 is 19.5 Å². The first-order valence-corrected chi connectivity index (χ1v) is 7.57. The Hall–Kier alpha value is -2.40. The highest BCUT2D eigenvalue weighted by Gasteiger charge is 2.17. The summed E-state index contributed by atoms with van der Waals surface area (Å²) >= 11 is 5.80. The molecule has 120 valence electrons. The van der Waals surface area contributed by atoms with E-state index in [4.69, 9.17) is 25.8 Å². The van der Waals surface area contributed by atoms with Gasteiger partial charge in [0.1, 0.15) is 5.75 Å². The van der Waals surface area contributed by atoms with Crippen molar-refractivity contribution < 1.29 is 19.0 Å². The number of nitrogens with one attached hydrogen (secondary N) is 1. The number of carbonyl (C=O) groups is 1. The van der Waals surface area contributed by atoms with Crippen LogP contribution in [-0.2, 0) is 4.79 Å². The average molecular weight is 334 g/mol. The van der Waals surface area contributed by atoms with Gasteiger partial charge in [-0.1, -0.05) is 17.7 Å². The van der Waals surface area contributed by atoms with Crippen LogP contribution in [-0.4, -0.2) is 19.3 Å². The molecule has 0 saturated carbocycles. The average Bonchev–Trinajstić information content (AvgIpc) is 3.02. The number of amides is 1. The summed E-state index contributed by atoms with van der Waals surface area (Å²) in [6.07, 6.45) is 0. The molecule has 1 atom stereocenters. The normalized spacial score (nSPS) is 13.5. The van der Waals surface area contributed by atoms with Crippen molar-refractivity contribution in [2.45, 2.75) is 13.0 Å². The van der Waals surface area contributed by atoms with Crippen LogP contribution in [0.2, 0.25) is 5.02 Å². The van der Waals surface area contributed by atoms with Gasteiger partial charge in [0, 0.05) is 5.02 Å². The van der Waals surface area contributed by atoms with Crippen LogP contribution < -0.4 is 19.5 Å². The van der Waals surface area contributed by atoms with Gasteiger partial charge in [-0.05, 0) is 48.9 Å². The Bertz CT molecular complexity index is 702. The van der Waals surface area contributed by atoms with Gasteiger partial charge in [0.15, 0.2) is 18.1 Å². The Morgan fingerprint density at radius 1 is 1.22 bits per heavy atom. The molecule has 1 amide bonds. The summed E-state index contributed by atoms with van der Waals surface area (Å²) in [5, 5.41) is 3.51. The van der Waals surface area contributed by atoms with Crippen molar-refractivity contribution in [3.63, 3.8) is 0 Å². The lowest BCUT2D eigenvalue weighted by atomic mass is 10.1. The van der Waals surface area contributed by atoms with E-state index in [0.717, 1.165) is 11.3 Å². The highest BCUT2D eigenvalue weighted by molar-refractivity contribution is 6.30. The van der Waals surface area contributed by atoms with Crippen LogP contribution in [0.15, 0.2) is 42.5 Å². The molecule has 2 aromatic carbocycles. The molecular formula is C17H16ClNO4. The summed E-state index contributed by atoms with van der Waals surface area (Å²) in [6.45, 7) is 2.07. The number of carbonyl (C=O) groups excluding carboxylic acids is 1. The van der Waals surface area contributed by atoms with E-state index in [-0.39, 0.29) is 25.3 Å². The number of benzene rings is 2. The molecule has 0 bridgehead atoms. The fourth-order valence-corrected chi connectivity index (χ4v) is 2.35. The molecule has 23 heavy (non-hydrogen) atoms. The van der Waals surface area contributed by atoms with E-state index in [1.54, 1.807) is 24.3 Å². The monoisotopic (exact) mass is 333 g/mol. The lowest BCUT2D eigenvalue weighted by molar-refractivity contribution is -0.123. The third-order valence-electron chi connectivity index (χ3n) is 3.46. The Morgan fingerprint density at radius 2 is 1.96 bits per heavy atom. The summed E-state index contributed by atoms with van der Waals surface area (Å²) in [7, 11) is 0. The third kappa shape index (κ3) is 3.87. The quantitative estimate of drug-likeness (QED) is 0.912. The SMILES string of the molecule is CC(NC(=O)COc1ccc(Cl)cc1)c1ccc2c(c1)OCO2. The fourth-order valence-electron chi connectivity index (χ4n) is 2.23. The molecule has 1 aliphatic heterocycles. The van der Waals surface area contributed by atoms with Gasteiger partial charge in [-0.15, -0.1) is 0 Å². The number of hydrogen-bond acceptors (Lipinski definition) is 4. The first-order chi connectivity index (χ1) is 11.1. The molecule has 0 aliphatic carbocycles. The number of halogens is 1. The van der Waals surface area contributed by atoms with Crippen LogP contribution in [0.3, 0.4) is 0 Å². The van der Waals surface area contributed by atoms with Crippen LogP contribution in [0.5, 0.6) is 17.2 Å². The highest BCUT2D eigenvalue weighted by Crippen LogP contribution is 2.34. The zero-order valence-electron chi connectivity index (χ0n) is 12.5. The molecule has 1 aliphatic rings. The van der Waals surface area contributed by atoms with E-state index < -0.39 is 0 Å². The molecule has 0 saturated heterocycles. The largest absolute Gasteiger partial charge is 0.484 e. The van der Waals surface area contributed by atoms with Crippen molar-refractivity contribution in [3.8, 4) is 17.2 Å². The van der Waals surface area contributed by atoms with Gasteiger partial charge in [-0.25, -0.2) is 0 Å². The molecule has 6 heteroatoms. The van der Waals surface area contributed by atoms with Gasteiger partial charge in [0.25, 0.3) is 5.91 Å². The second kappa shape index (κ2) is 6.79. The second-order valence-electron chi connectivity index (χ2n) is 5.14. The molecule has 1 heterocycles. The molecule has 1 N–H and O–H groups in total. The molecule has 0 aromatic heterocycles. The van der Waals surface area contributed by atoms with E-state index in [9.17, 15) is 4.79 Å². The summed E-state index contributed by atoms with van der Waals surface area (Å²) in [5.74, 6) is 1.81. The standard InChI is InChI=1S/C17H16ClNO4/c1-11(12-2-7-15-16(8-12)23-10-22-15)19-17(20)9-21-14-5-3-13(18)4-6-14/h2-8,11H,9-10H2,1H3,(H,19,20). The van der Waals surface area contributed by atoms with Gasteiger partial charge >= 0.3 is 0 Å². The maximum Gasteiger partial charge on any atom is 0.258 e. The van der Waals surface area contributed by atoms with Crippen molar-refractivity contribution in [3.05, 3.63) is 53.1 Å². The molecular weight excluding hydrogens is 318 g/mol. The van der Waals surface area contributed by atoms with Crippen LogP contribution >= 0.6 is 11.6 Å². The van der Waals surface area contributed by atoms with Gasteiger partial charge in [-0.2, -0.15) is 0 Å². The molecule has 0 fully saturated rings. The van der Waals surface area contributed by atoms with Crippen molar-refractivity contribution in [1.82, 2.24) is 5.32 Å². The molecule has 3 rings (SSSR count). The van der Waals surface area contributed by atoms with E-state index in [0.29, 0.717) is 16.5 Å². The van der Waals surface area contributed by atoms with Crippen LogP contribution in [0, 0.1) is 0 Å². The maximum atomic E-state index is 12.0. The van der Waals surface area contributed by atoms with Gasteiger partial charge in [0.2, 0.25) is 6.79 Å². The topological polar surface area (TPSA) is 56.8 Å². The summed E-state index contributed by atoms with van der Waals surface area (Å²) in [6, 6.07) is 12.3. The number of ether oxygens (including phenoxy) is 3.